The fourth-order valence-electron chi connectivity index (χ4n) is 5.83. The number of phenolic OH excluding ortho intramolecular Hbond substituents is 1. The van der Waals surface area contributed by atoms with Gasteiger partial charge in [-0.3, -0.25) is 19.4 Å². The molecule has 168 valence electrons. The van der Waals surface area contributed by atoms with E-state index in [1.807, 2.05) is 23.1 Å². The van der Waals surface area contributed by atoms with Crippen molar-refractivity contribution in [3.8, 4) is 5.75 Å². The molecule has 7 nitrogen and oxygen atoms in total. The van der Waals surface area contributed by atoms with Crippen LogP contribution in [0.15, 0.2) is 24.3 Å². The number of hydrogen-bond acceptors (Lipinski definition) is 5. The number of hydrogen-bond donors (Lipinski definition) is 2. The van der Waals surface area contributed by atoms with Crippen molar-refractivity contribution in [2.75, 3.05) is 26.7 Å². The Morgan fingerprint density at radius 3 is 2.58 bits per heavy atom. The van der Waals surface area contributed by atoms with Gasteiger partial charge in [0.25, 0.3) is 0 Å². The van der Waals surface area contributed by atoms with E-state index in [4.69, 9.17) is 0 Å². The molecule has 2 amide bonds. The monoisotopic (exact) mass is 426 g/mol. The maximum absolute atomic E-state index is 13.2. The van der Waals surface area contributed by atoms with E-state index in [9.17, 15) is 14.7 Å². The Morgan fingerprint density at radius 1 is 1.16 bits per heavy atom. The molecule has 5 rings (SSSR count). The predicted octanol–water partition coefficient (Wildman–Crippen LogP) is 1.70. The molecule has 31 heavy (non-hydrogen) atoms. The Balaban J connectivity index is 1.22. The Kier molecular flexibility index (Phi) is 5.42. The second-order valence-electron chi connectivity index (χ2n) is 10.1. The van der Waals surface area contributed by atoms with Crippen LogP contribution in [0.1, 0.15) is 50.5 Å². The molecular formula is C24H34N4O3. The molecule has 2 atom stereocenters. The number of phenols is 1. The van der Waals surface area contributed by atoms with Gasteiger partial charge in [0.1, 0.15) is 11.8 Å². The lowest BCUT2D eigenvalue weighted by Crippen LogP contribution is -2.56. The van der Waals surface area contributed by atoms with E-state index < -0.39 is 5.54 Å². The summed E-state index contributed by atoms with van der Waals surface area (Å²) in [6.45, 7) is 2.98. The van der Waals surface area contributed by atoms with Crippen molar-refractivity contribution >= 4 is 11.8 Å². The molecule has 0 aromatic heterocycles. The van der Waals surface area contributed by atoms with Crippen LogP contribution < -0.4 is 5.32 Å². The molecule has 1 spiro atoms. The van der Waals surface area contributed by atoms with Gasteiger partial charge >= 0.3 is 0 Å². The summed E-state index contributed by atoms with van der Waals surface area (Å²) in [6.07, 6.45) is 6.45. The molecule has 1 saturated carbocycles. The Morgan fingerprint density at radius 2 is 1.90 bits per heavy atom. The number of nitrogens with one attached hydrogen (secondary N) is 1. The number of benzene rings is 1. The van der Waals surface area contributed by atoms with Crippen molar-refractivity contribution in [3.05, 3.63) is 29.8 Å². The van der Waals surface area contributed by atoms with E-state index in [-0.39, 0.29) is 17.9 Å². The summed E-state index contributed by atoms with van der Waals surface area (Å²) in [5.74, 6) is 0.481. The van der Waals surface area contributed by atoms with Crippen LogP contribution in [0.3, 0.4) is 0 Å². The van der Waals surface area contributed by atoms with Crippen LogP contribution in [0.2, 0.25) is 0 Å². The highest BCUT2D eigenvalue weighted by atomic mass is 16.3. The van der Waals surface area contributed by atoms with Crippen LogP contribution in [-0.2, 0) is 16.1 Å². The highest BCUT2D eigenvalue weighted by molar-refractivity contribution is 5.92. The molecule has 4 aliphatic rings. The van der Waals surface area contributed by atoms with Crippen LogP contribution in [0.4, 0.5) is 0 Å². The largest absolute Gasteiger partial charge is 0.508 e. The van der Waals surface area contributed by atoms with Gasteiger partial charge in [0.15, 0.2) is 0 Å². The summed E-state index contributed by atoms with van der Waals surface area (Å²) in [5.41, 5.74) is 0.491. The van der Waals surface area contributed by atoms with Crippen molar-refractivity contribution in [1.82, 2.24) is 20.0 Å². The summed E-state index contributed by atoms with van der Waals surface area (Å²) in [6, 6.07) is 8.02. The van der Waals surface area contributed by atoms with E-state index in [1.54, 1.807) is 6.07 Å². The smallest absolute Gasteiger partial charge is 0.243 e. The number of piperidine rings is 1. The Bertz CT molecular complexity index is 819. The van der Waals surface area contributed by atoms with Gasteiger partial charge in [0.05, 0.1) is 12.0 Å². The van der Waals surface area contributed by atoms with E-state index in [2.05, 4.69) is 22.2 Å². The average molecular weight is 427 g/mol. The first-order valence-electron chi connectivity index (χ1n) is 11.8. The second-order valence-corrected chi connectivity index (χ2v) is 10.1. The number of fused-ring (bicyclic) bond motifs is 1. The fraction of sp³-hybridized carbons (Fsp3) is 0.667. The lowest BCUT2D eigenvalue weighted by atomic mass is 9.83. The Hall–Kier alpha value is -2.12. The van der Waals surface area contributed by atoms with Gasteiger partial charge in [0.2, 0.25) is 11.8 Å². The van der Waals surface area contributed by atoms with Gasteiger partial charge in [-0.2, -0.15) is 0 Å². The topological polar surface area (TPSA) is 76.1 Å². The molecule has 0 unspecified atom stereocenters. The number of rotatable bonds is 4. The molecule has 4 fully saturated rings. The van der Waals surface area contributed by atoms with Crippen LogP contribution in [0, 0.1) is 0 Å². The molecule has 3 heterocycles. The highest BCUT2D eigenvalue weighted by Crippen LogP contribution is 2.35. The molecule has 0 bridgehead atoms. The van der Waals surface area contributed by atoms with E-state index in [0.29, 0.717) is 37.3 Å². The maximum Gasteiger partial charge on any atom is 0.243 e. The molecule has 0 radical (unpaired) electrons. The first-order chi connectivity index (χ1) is 14.9. The number of carbonyl (C=O) groups is 2. The minimum Gasteiger partial charge on any atom is -0.508 e. The van der Waals surface area contributed by atoms with Gasteiger partial charge in [0, 0.05) is 43.8 Å². The zero-order valence-electron chi connectivity index (χ0n) is 18.4. The summed E-state index contributed by atoms with van der Waals surface area (Å²) in [5, 5.41) is 13.4. The number of carbonyl (C=O) groups excluding carboxylic acids is 2. The number of nitrogens with zero attached hydrogens (tertiary/aromatic N) is 3. The predicted molar refractivity (Wildman–Crippen MR) is 117 cm³/mol. The van der Waals surface area contributed by atoms with Crippen molar-refractivity contribution in [2.24, 2.45) is 0 Å². The molecule has 3 aliphatic heterocycles. The lowest BCUT2D eigenvalue weighted by Gasteiger charge is -2.41. The number of likely N-dealkylation sites (N-methyl/N-ethyl adjacent to an activating group) is 1. The summed E-state index contributed by atoms with van der Waals surface area (Å²) in [7, 11) is 2.16. The SMILES string of the molecule is CN(C1CCC1)[C@H]1C[C@H]2C(=O)NC3(CCN(Cc4ccccc4O)CC3)CC(=O)N2C1. The quantitative estimate of drug-likeness (QED) is 0.767. The van der Waals surface area contributed by atoms with Crippen LogP contribution in [0.5, 0.6) is 5.75 Å². The number of amides is 2. The lowest BCUT2D eigenvalue weighted by molar-refractivity contribution is -0.135. The molecular weight excluding hydrogens is 392 g/mol. The van der Waals surface area contributed by atoms with Crippen LogP contribution in [-0.4, -0.2) is 82.0 Å². The molecule has 3 saturated heterocycles. The number of para-hydroxylation sites is 1. The van der Waals surface area contributed by atoms with Crippen molar-refractivity contribution in [3.63, 3.8) is 0 Å². The minimum absolute atomic E-state index is 0.0320. The van der Waals surface area contributed by atoms with Gasteiger partial charge in [-0.05, 0) is 45.2 Å². The molecule has 1 aliphatic carbocycles. The van der Waals surface area contributed by atoms with Gasteiger partial charge in [-0.15, -0.1) is 0 Å². The third-order valence-corrected chi connectivity index (χ3v) is 8.21. The first kappa shape index (κ1) is 20.8. The minimum atomic E-state index is -0.427. The van der Waals surface area contributed by atoms with Gasteiger partial charge in [-0.1, -0.05) is 24.6 Å². The van der Waals surface area contributed by atoms with Crippen molar-refractivity contribution in [2.45, 2.75) is 75.2 Å². The van der Waals surface area contributed by atoms with Gasteiger partial charge < -0.3 is 15.3 Å². The Labute approximate surface area is 184 Å². The normalized spacial score (nSPS) is 29.0. The second kappa shape index (κ2) is 8.10. The van der Waals surface area contributed by atoms with Crippen molar-refractivity contribution in [1.29, 1.82) is 0 Å². The third-order valence-electron chi connectivity index (χ3n) is 8.21. The molecule has 1 aromatic rings. The average Bonchev–Trinajstić information content (AvgIpc) is 3.13. The third kappa shape index (κ3) is 3.94. The van der Waals surface area contributed by atoms with Crippen LogP contribution >= 0.6 is 0 Å². The van der Waals surface area contributed by atoms with E-state index >= 15 is 0 Å². The number of aromatic hydroxyl groups is 1. The van der Waals surface area contributed by atoms with E-state index in [1.165, 1.54) is 19.3 Å². The fourth-order valence-corrected chi connectivity index (χ4v) is 5.83. The van der Waals surface area contributed by atoms with E-state index in [0.717, 1.165) is 37.9 Å². The standard InChI is InChI=1S/C24H34N4O3/c1-26(18-6-4-7-18)19-13-20-23(31)25-24(14-22(30)28(20)16-19)9-11-27(12-10-24)15-17-5-2-3-8-21(17)29/h2-3,5,8,18-20,29H,4,6-7,9-16H2,1H3,(H,25,31)/t19-,20-/m0/s1. The van der Waals surface area contributed by atoms with Gasteiger partial charge in [-0.25, -0.2) is 0 Å². The molecule has 2 N–H and O–H groups in total. The molecule has 7 heteroatoms. The summed E-state index contributed by atoms with van der Waals surface area (Å²) >= 11 is 0. The highest BCUT2D eigenvalue weighted by Gasteiger charge is 2.50. The summed E-state index contributed by atoms with van der Waals surface area (Å²) < 4.78 is 0. The first-order valence-corrected chi connectivity index (χ1v) is 11.8. The number of likely N-dealkylation sites (tertiary alicyclic amines) is 1. The zero-order chi connectivity index (χ0) is 21.6. The van der Waals surface area contributed by atoms with Crippen LogP contribution in [0.25, 0.3) is 0 Å². The summed E-state index contributed by atoms with van der Waals surface area (Å²) in [4.78, 5) is 33.0. The van der Waals surface area contributed by atoms with Crippen molar-refractivity contribution < 1.29 is 14.7 Å². The zero-order valence-corrected chi connectivity index (χ0v) is 18.4. The molecule has 1 aromatic carbocycles. The maximum atomic E-state index is 13.2.